The minimum absolute atomic E-state index is 0.279. The summed E-state index contributed by atoms with van der Waals surface area (Å²) < 4.78 is 25.1. The molecule has 0 bridgehead atoms. The Morgan fingerprint density at radius 1 is 1.38 bits per heavy atom. The summed E-state index contributed by atoms with van der Waals surface area (Å²) in [6, 6.07) is 6.82. The maximum atomic E-state index is 12.0. The van der Waals surface area contributed by atoms with E-state index in [1.54, 1.807) is 30.3 Å². The van der Waals surface area contributed by atoms with Crippen LogP contribution < -0.4 is 5.32 Å². The van der Waals surface area contributed by atoms with Crippen molar-refractivity contribution in [2.75, 3.05) is 26.0 Å². The zero-order valence-corrected chi connectivity index (χ0v) is 10.3. The van der Waals surface area contributed by atoms with Crippen molar-refractivity contribution in [3.8, 4) is 0 Å². The number of hydrogen-bond acceptors (Lipinski definition) is 3. The van der Waals surface area contributed by atoms with Crippen LogP contribution in [-0.2, 0) is 10.0 Å². The van der Waals surface area contributed by atoms with Gasteiger partial charge >= 0.3 is 0 Å². The van der Waals surface area contributed by atoms with Crippen LogP contribution in [0.3, 0.4) is 0 Å². The lowest BCUT2D eigenvalue weighted by atomic mass is 10.3. The van der Waals surface area contributed by atoms with Gasteiger partial charge in [-0.25, -0.2) is 12.7 Å². The summed E-state index contributed by atoms with van der Waals surface area (Å²) in [4.78, 5) is 0.279. The third kappa shape index (κ3) is 2.62. The Kier molecular flexibility index (Phi) is 4.09. The van der Waals surface area contributed by atoms with Gasteiger partial charge in [0.05, 0.1) is 5.69 Å². The van der Waals surface area contributed by atoms with Crippen LogP contribution in [0.2, 0.25) is 0 Å². The van der Waals surface area contributed by atoms with Crippen molar-refractivity contribution in [2.45, 2.75) is 4.90 Å². The average Bonchev–Trinajstić information content (AvgIpc) is 2.26. The molecule has 0 atom stereocenters. The molecule has 0 radical (unpaired) electrons. The van der Waals surface area contributed by atoms with E-state index in [1.807, 2.05) is 0 Å². The number of anilines is 1. The van der Waals surface area contributed by atoms with Gasteiger partial charge in [-0.3, -0.25) is 0 Å². The van der Waals surface area contributed by atoms with E-state index in [1.165, 1.54) is 18.4 Å². The standard InChI is InChI=1S/C11H16N2O2S/c1-4-9-12-10-7-5-6-8-11(10)16(14,15)13(2)3/h4-8,12H,1,9H2,2-3H3. The minimum atomic E-state index is -3.40. The van der Waals surface area contributed by atoms with E-state index in [-0.39, 0.29) is 4.90 Å². The van der Waals surface area contributed by atoms with Crippen LogP contribution in [0, 0.1) is 0 Å². The Bertz CT molecular complexity index is 467. The zero-order chi connectivity index (χ0) is 12.2. The fourth-order valence-electron chi connectivity index (χ4n) is 1.22. The molecule has 5 heteroatoms. The summed E-state index contributed by atoms with van der Waals surface area (Å²) in [5.74, 6) is 0. The van der Waals surface area contributed by atoms with Crippen LogP contribution in [0.5, 0.6) is 0 Å². The summed E-state index contributed by atoms with van der Waals surface area (Å²) in [7, 11) is -0.374. The molecule has 0 heterocycles. The largest absolute Gasteiger partial charge is 0.380 e. The molecule has 1 N–H and O–H groups in total. The molecule has 0 amide bonds. The van der Waals surface area contributed by atoms with E-state index in [9.17, 15) is 8.42 Å². The molecule has 1 aromatic carbocycles. The molecule has 0 fully saturated rings. The second kappa shape index (κ2) is 5.14. The summed E-state index contributed by atoms with van der Waals surface area (Å²) in [5, 5.41) is 3.00. The van der Waals surface area contributed by atoms with Crippen LogP contribution >= 0.6 is 0 Å². The van der Waals surface area contributed by atoms with Gasteiger partial charge in [0.1, 0.15) is 4.90 Å². The lowest BCUT2D eigenvalue weighted by molar-refractivity contribution is 0.521. The Morgan fingerprint density at radius 3 is 2.56 bits per heavy atom. The number of nitrogens with zero attached hydrogens (tertiary/aromatic N) is 1. The number of rotatable bonds is 5. The number of para-hydroxylation sites is 1. The molecule has 0 saturated heterocycles. The molecule has 1 rings (SSSR count). The van der Waals surface area contributed by atoms with Crippen LogP contribution in [0.1, 0.15) is 0 Å². The predicted octanol–water partition coefficient (Wildman–Crippen LogP) is 1.53. The highest BCUT2D eigenvalue weighted by molar-refractivity contribution is 7.89. The molecule has 0 unspecified atom stereocenters. The second-order valence-electron chi connectivity index (χ2n) is 3.45. The number of hydrogen-bond donors (Lipinski definition) is 1. The summed E-state index contributed by atoms with van der Waals surface area (Å²) >= 11 is 0. The lowest BCUT2D eigenvalue weighted by Gasteiger charge is -2.15. The highest BCUT2D eigenvalue weighted by Crippen LogP contribution is 2.22. The Balaban J connectivity index is 3.18. The summed E-state index contributed by atoms with van der Waals surface area (Å²) in [6.07, 6.45) is 1.68. The number of benzene rings is 1. The van der Waals surface area contributed by atoms with E-state index in [4.69, 9.17) is 0 Å². The maximum Gasteiger partial charge on any atom is 0.244 e. The van der Waals surface area contributed by atoms with E-state index in [0.29, 0.717) is 12.2 Å². The molecule has 1 aromatic rings. The molecule has 0 saturated carbocycles. The van der Waals surface area contributed by atoms with Crippen molar-refractivity contribution >= 4 is 15.7 Å². The van der Waals surface area contributed by atoms with E-state index in [2.05, 4.69) is 11.9 Å². The van der Waals surface area contributed by atoms with Crippen LogP contribution in [0.15, 0.2) is 41.8 Å². The third-order valence-electron chi connectivity index (χ3n) is 2.08. The first-order valence-corrected chi connectivity index (χ1v) is 6.30. The second-order valence-corrected chi connectivity index (χ2v) is 5.57. The smallest absolute Gasteiger partial charge is 0.244 e. The van der Waals surface area contributed by atoms with Crippen LogP contribution in [0.25, 0.3) is 0 Å². The van der Waals surface area contributed by atoms with Gasteiger partial charge < -0.3 is 5.32 Å². The van der Waals surface area contributed by atoms with Gasteiger partial charge in [0.25, 0.3) is 0 Å². The molecule has 0 aliphatic rings. The van der Waals surface area contributed by atoms with Crippen molar-refractivity contribution in [2.24, 2.45) is 0 Å². The van der Waals surface area contributed by atoms with E-state index >= 15 is 0 Å². The lowest BCUT2D eigenvalue weighted by Crippen LogP contribution is -2.23. The van der Waals surface area contributed by atoms with Crippen molar-refractivity contribution in [3.05, 3.63) is 36.9 Å². The quantitative estimate of drug-likeness (QED) is 0.794. The highest BCUT2D eigenvalue weighted by atomic mass is 32.2. The van der Waals surface area contributed by atoms with Gasteiger partial charge in [0.2, 0.25) is 10.0 Å². The number of nitrogens with one attached hydrogen (secondary N) is 1. The van der Waals surface area contributed by atoms with Crippen molar-refractivity contribution in [1.29, 1.82) is 0 Å². The van der Waals surface area contributed by atoms with Crippen molar-refractivity contribution in [3.63, 3.8) is 0 Å². The molecule has 16 heavy (non-hydrogen) atoms. The van der Waals surface area contributed by atoms with Crippen molar-refractivity contribution in [1.82, 2.24) is 4.31 Å². The molecule has 0 aliphatic carbocycles. The van der Waals surface area contributed by atoms with Gasteiger partial charge in [0, 0.05) is 20.6 Å². The first kappa shape index (κ1) is 12.7. The molecule has 88 valence electrons. The van der Waals surface area contributed by atoms with E-state index < -0.39 is 10.0 Å². The molecule has 0 aromatic heterocycles. The van der Waals surface area contributed by atoms with Gasteiger partial charge in [-0.1, -0.05) is 18.2 Å². The first-order valence-electron chi connectivity index (χ1n) is 4.86. The van der Waals surface area contributed by atoms with E-state index in [0.717, 1.165) is 0 Å². The Hall–Kier alpha value is -1.33. The summed E-state index contributed by atoms with van der Waals surface area (Å²) in [6.45, 7) is 4.11. The maximum absolute atomic E-state index is 12.0. The van der Waals surface area contributed by atoms with Gasteiger partial charge in [-0.2, -0.15) is 0 Å². The third-order valence-corrected chi connectivity index (χ3v) is 3.96. The molecule has 0 spiro atoms. The fourth-order valence-corrected chi connectivity index (χ4v) is 2.28. The fraction of sp³-hybridized carbons (Fsp3) is 0.273. The molecule has 0 aliphatic heterocycles. The topological polar surface area (TPSA) is 49.4 Å². The highest BCUT2D eigenvalue weighted by Gasteiger charge is 2.20. The average molecular weight is 240 g/mol. The predicted molar refractivity (Wildman–Crippen MR) is 66.0 cm³/mol. The summed E-state index contributed by atoms with van der Waals surface area (Å²) in [5.41, 5.74) is 0.594. The minimum Gasteiger partial charge on any atom is -0.380 e. The first-order chi connectivity index (χ1) is 7.50. The van der Waals surface area contributed by atoms with Crippen molar-refractivity contribution < 1.29 is 8.42 Å². The molecular weight excluding hydrogens is 224 g/mol. The SMILES string of the molecule is C=CCNc1ccccc1S(=O)(=O)N(C)C. The Morgan fingerprint density at radius 2 is 2.00 bits per heavy atom. The Labute approximate surface area is 96.6 Å². The molecule has 4 nitrogen and oxygen atoms in total. The zero-order valence-electron chi connectivity index (χ0n) is 9.47. The van der Waals surface area contributed by atoms with Crippen LogP contribution in [-0.4, -0.2) is 33.4 Å². The molecular formula is C11H16N2O2S. The van der Waals surface area contributed by atoms with Gasteiger partial charge in [-0.05, 0) is 12.1 Å². The van der Waals surface area contributed by atoms with Gasteiger partial charge in [-0.15, -0.1) is 6.58 Å². The van der Waals surface area contributed by atoms with Crippen LogP contribution in [0.4, 0.5) is 5.69 Å². The number of sulfonamides is 1. The normalized spacial score (nSPS) is 11.4. The monoisotopic (exact) mass is 240 g/mol. The van der Waals surface area contributed by atoms with Gasteiger partial charge in [0.15, 0.2) is 0 Å².